The highest BCUT2D eigenvalue weighted by Gasteiger charge is 2.19. The van der Waals surface area contributed by atoms with Crippen LogP contribution in [-0.2, 0) is 26.0 Å². The summed E-state index contributed by atoms with van der Waals surface area (Å²) in [7, 11) is 3.34. The standard InChI is InChI=1S/C35H34FN5O4/c1-43-33-19-26-16-18-40(21-27(26)20-34(33)44-2)17-15-24-7-13-30(14-8-24)41-22-29(38-39-41)23-45-32-6-4-3-5-31(32)37-35(42)25-9-11-28(36)12-10-25/h3-14,19-20,22H,15-18,21,23H2,1-2H3,(H,37,42). The molecule has 0 fully saturated rings. The normalized spacial score (nSPS) is 12.8. The Labute approximate surface area is 261 Å². The average Bonchev–Trinajstić information content (AvgIpc) is 3.56. The van der Waals surface area contributed by atoms with Gasteiger partial charge in [-0.2, -0.15) is 0 Å². The van der Waals surface area contributed by atoms with Crippen LogP contribution in [0.25, 0.3) is 5.69 Å². The monoisotopic (exact) mass is 607 g/mol. The predicted octanol–water partition coefficient (Wildman–Crippen LogP) is 5.86. The molecule has 5 aromatic rings. The summed E-state index contributed by atoms with van der Waals surface area (Å²) < 4.78 is 31.9. The third kappa shape index (κ3) is 7.13. The number of hydrogen-bond acceptors (Lipinski definition) is 7. The second kappa shape index (κ2) is 13.6. The summed E-state index contributed by atoms with van der Waals surface area (Å²) in [5.74, 6) is 1.29. The van der Waals surface area contributed by atoms with Crippen molar-refractivity contribution in [3.63, 3.8) is 0 Å². The second-order valence-electron chi connectivity index (χ2n) is 10.8. The molecule has 6 rings (SSSR count). The Morgan fingerprint density at radius 3 is 2.40 bits per heavy atom. The average molecular weight is 608 g/mol. The smallest absolute Gasteiger partial charge is 0.255 e. The molecule has 0 unspecified atom stereocenters. The van der Waals surface area contributed by atoms with E-state index in [4.69, 9.17) is 14.2 Å². The van der Waals surface area contributed by atoms with Crippen molar-refractivity contribution in [3.05, 3.63) is 125 Å². The summed E-state index contributed by atoms with van der Waals surface area (Å²) in [5, 5.41) is 11.4. The molecule has 45 heavy (non-hydrogen) atoms. The van der Waals surface area contributed by atoms with Gasteiger partial charge in [-0.1, -0.05) is 29.5 Å². The minimum absolute atomic E-state index is 0.166. The number of aromatic nitrogens is 3. The molecule has 0 aliphatic carbocycles. The minimum Gasteiger partial charge on any atom is -0.493 e. The third-order valence-corrected chi connectivity index (χ3v) is 7.87. The minimum atomic E-state index is -0.400. The van der Waals surface area contributed by atoms with E-state index in [1.807, 2.05) is 24.4 Å². The van der Waals surface area contributed by atoms with Gasteiger partial charge in [0.2, 0.25) is 0 Å². The van der Waals surface area contributed by atoms with Gasteiger partial charge in [-0.05, 0) is 90.2 Å². The molecule has 0 saturated heterocycles. The van der Waals surface area contributed by atoms with E-state index >= 15 is 0 Å². The van der Waals surface area contributed by atoms with Gasteiger partial charge in [0.1, 0.15) is 23.9 Å². The number of hydrogen-bond donors (Lipinski definition) is 1. The van der Waals surface area contributed by atoms with E-state index in [2.05, 4.69) is 44.8 Å². The number of carbonyl (C=O) groups excluding carboxylic acids is 1. The molecule has 0 radical (unpaired) electrons. The van der Waals surface area contributed by atoms with Gasteiger partial charge in [0.25, 0.3) is 5.91 Å². The van der Waals surface area contributed by atoms with E-state index in [0.717, 1.165) is 49.7 Å². The van der Waals surface area contributed by atoms with Gasteiger partial charge in [0.05, 0.1) is 31.8 Å². The van der Waals surface area contributed by atoms with E-state index < -0.39 is 5.82 Å². The van der Waals surface area contributed by atoms with Crippen LogP contribution >= 0.6 is 0 Å². The number of nitrogens with zero attached hydrogens (tertiary/aromatic N) is 4. The van der Waals surface area contributed by atoms with Gasteiger partial charge in [-0.25, -0.2) is 9.07 Å². The number of fused-ring (bicyclic) bond motifs is 1. The van der Waals surface area contributed by atoms with Crippen LogP contribution in [-0.4, -0.2) is 53.1 Å². The Bertz CT molecular complexity index is 1770. The number of anilines is 1. The number of rotatable bonds is 11. The van der Waals surface area contributed by atoms with Crippen molar-refractivity contribution in [2.75, 3.05) is 32.6 Å². The maximum atomic E-state index is 13.2. The first-order valence-corrected chi connectivity index (χ1v) is 14.7. The number of methoxy groups -OCH3 is 2. The molecule has 1 amide bonds. The Morgan fingerprint density at radius 2 is 1.64 bits per heavy atom. The molecule has 1 aliphatic heterocycles. The number of carbonyl (C=O) groups is 1. The van der Waals surface area contributed by atoms with Gasteiger partial charge >= 0.3 is 0 Å². The highest BCUT2D eigenvalue weighted by molar-refractivity contribution is 6.05. The van der Waals surface area contributed by atoms with Gasteiger partial charge in [-0.3, -0.25) is 9.69 Å². The number of ether oxygens (including phenoxy) is 3. The first kappa shape index (κ1) is 29.8. The van der Waals surface area contributed by atoms with Crippen LogP contribution in [0.15, 0.2) is 91.1 Å². The lowest BCUT2D eigenvalue weighted by atomic mass is 9.98. The number of para-hydroxylation sites is 2. The lowest BCUT2D eigenvalue weighted by molar-refractivity contribution is 0.102. The van der Waals surface area contributed by atoms with E-state index in [1.54, 1.807) is 37.1 Å². The topological polar surface area (TPSA) is 90.7 Å². The molecule has 0 bridgehead atoms. The number of halogens is 1. The van der Waals surface area contributed by atoms with Crippen LogP contribution in [0.4, 0.5) is 10.1 Å². The molecule has 10 heteroatoms. The third-order valence-electron chi connectivity index (χ3n) is 7.87. The maximum absolute atomic E-state index is 13.2. The van der Waals surface area contributed by atoms with Crippen LogP contribution in [0.1, 0.15) is 32.7 Å². The van der Waals surface area contributed by atoms with Crippen molar-refractivity contribution in [2.24, 2.45) is 0 Å². The van der Waals surface area contributed by atoms with Crippen molar-refractivity contribution >= 4 is 11.6 Å². The van der Waals surface area contributed by atoms with Crippen LogP contribution in [0, 0.1) is 5.82 Å². The summed E-state index contributed by atoms with van der Waals surface area (Å²) in [6.45, 7) is 3.03. The maximum Gasteiger partial charge on any atom is 0.255 e. The second-order valence-corrected chi connectivity index (χ2v) is 10.8. The summed E-state index contributed by atoms with van der Waals surface area (Å²) >= 11 is 0. The lowest BCUT2D eigenvalue weighted by Gasteiger charge is -2.29. The summed E-state index contributed by atoms with van der Waals surface area (Å²) in [4.78, 5) is 15.1. The Hall–Kier alpha value is -5.22. The van der Waals surface area contributed by atoms with E-state index in [9.17, 15) is 9.18 Å². The van der Waals surface area contributed by atoms with Gasteiger partial charge in [0.15, 0.2) is 11.5 Å². The molecule has 1 aliphatic rings. The van der Waals surface area contributed by atoms with Crippen LogP contribution in [0.5, 0.6) is 17.2 Å². The lowest BCUT2D eigenvalue weighted by Crippen LogP contribution is -2.32. The molecule has 4 aromatic carbocycles. The first-order valence-electron chi connectivity index (χ1n) is 14.7. The molecule has 230 valence electrons. The number of nitrogens with one attached hydrogen (secondary N) is 1. The van der Waals surface area contributed by atoms with E-state index in [1.165, 1.54) is 41.0 Å². The molecule has 2 heterocycles. The zero-order valence-corrected chi connectivity index (χ0v) is 25.2. The Kier molecular flexibility index (Phi) is 9.02. The summed E-state index contributed by atoms with van der Waals surface area (Å²) in [6, 6.07) is 25.0. The van der Waals surface area contributed by atoms with Crippen LogP contribution in [0.2, 0.25) is 0 Å². The fraction of sp³-hybridized carbons (Fsp3) is 0.229. The van der Waals surface area contributed by atoms with Crippen LogP contribution < -0.4 is 19.5 Å². The molecule has 0 spiro atoms. The van der Waals surface area contributed by atoms with Crippen molar-refractivity contribution in [2.45, 2.75) is 26.0 Å². The zero-order chi connectivity index (χ0) is 31.2. The summed E-state index contributed by atoms with van der Waals surface area (Å²) in [5.41, 5.74) is 6.25. The highest BCUT2D eigenvalue weighted by Crippen LogP contribution is 2.33. The van der Waals surface area contributed by atoms with Gasteiger partial charge in [0, 0.05) is 25.2 Å². The largest absolute Gasteiger partial charge is 0.493 e. The Balaban J connectivity index is 1.02. The molecule has 1 N–H and O–H groups in total. The fourth-order valence-electron chi connectivity index (χ4n) is 5.37. The van der Waals surface area contributed by atoms with Crippen LogP contribution in [0.3, 0.4) is 0 Å². The fourth-order valence-corrected chi connectivity index (χ4v) is 5.37. The molecule has 0 atom stereocenters. The van der Waals surface area contributed by atoms with Crippen molar-refractivity contribution in [1.82, 2.24) is 19.9 Å². The molecule has 1 aromatic heterocycles. The SMILES string of the molecule is COc1cc2c(cc1OC)CN(CCc1ccc(-n3cc(COc4ccccc4NC(=O)c4ccc(F)cc4)nn3)cc1)CC2. The summed E-state index contributed by atoms with van der Waals surface area (Å²) in [6.07, 6.45) is 3.75. The molecular weight excluding hydrogens is 573 g/mol. The van der Waals surface area contributed by atoms with Gasteiger partial charge < -0.3 is 19.5 Å². The number of benzene rings is 4. The molecular formula is C35H34FN5O4. The first-order chi connectivity index (χ1) is 22.0. The van der Waals surface area contributed by atoms with Crippen molar-refractivity contribution in [3.8, 4) is 22.9 Å². The van der Waals surface area contributed by atoms with Crippen molar-refractivity contribution < 1.29 is 23.4 Å². The van der Waals surface area contributed by atoms with E-state index in [0.29, 0.717) is 22.7 Å². The van der Waals surface area contributed by atoms with Crippen molar-refractivity contribution in [1.29, 1.82) is 0 Å². The quantitative estimate of drug-likeness (QED) is 0.201. The Morgan fingerprint density at radius 1 is 0.911 bits per heavy atom. The number of amides is 1. The zero-order valence-electron chi connectivity index (χ0n) is 25.2. The molecule has 0 saturated carbocycles. The van der Waals surface area contributed by atoms with E-state index in [-0.39, 0.29) is 12.5 Å². The van der Waals surface area contributed by atoms with Gasteiger partial charge in [-0.15, -0.1) is 5.10 Å². The molecule has 9 nitrogen and oxygen atoms in total. The highest BCUT2D eigenvalue weighted by atomic mass is 19.1. The predicted molar refractivity (Wildman–Crippen MR) is 169 cm³/mol.